The Hall–Kier alpha value is -2.97. The number of hydrogen-bond donors (Lipinski definition) is 0. The summed E-state index contributed by atoms with van der Waals surface area (Å²) in [6.45, 7) is 2.75. The lowest BCUT2D eigenvalue weighted by Crippen LogP contribution is -2.41. The smallest absolute Gasteiger partial charge is 0.376 e. The Morgan fingerprint density at radius 2 is 2.28 bits per heavy atom. The van der Waals surface area contributed by atoms with Crippen molar-refractivity contribution in [2.24, 2.45) is 5.92 Å². The molecule has 3 rings (SSSR count). The first-order valence-electron chi connectivity index (χ1n) is 8.10. The highest BCUT2D eigenvalue weighted by atomic mass is 16.6. The SMILES string of the molecule is CCOC(=O)C1CCCN(c2nc3ccccn3c(=O)c2[N+](=O)[O-])C1. The Morgan fingerprint density at radius 3 is 3.00 bits per heavy atom. The van der Waals surface area contributed by atoms with Crippen LogP contribution in [0.5, 0.6) is 0 Å². The zero-order chi connectivity index (χ0) is 18.0. The van der Waals surface area contributed by atoms with E-state index in [2.05, 4.69) is 4.98 Å². The number of fused-ring (bicyclic) bond motifs is 1. The van der Waals surface area contributed by atoms with Gasteiger partial charge in [-0.05, 0) is 31.9 Å². The van der Waals surface area contributed by atoms with Crippen molar-refractivity contribution in [2.75, 3.05) is 24.6 Å². The zero-order valence-electron chi connectivity index (χ0n) is 13.8. The number of ether oxygens (including phenoxy) is 1. The van der Waals surface area contributed by atoms with Gasteiger partial charge < -0.3 is 9.64 Å². The Balaban J connectivity index is 2.05. The first-order chi connectivity index (χ1) is 12.0. The van der Waals surface area contributed by atoms with E-state index in [0.717, 1.165) is 4.40 Å². The molecule has 1 fully saturated rings. The number of carbonyl (C=O) groups is 1. The minimum atomic E-state index is -0.733. The monoisotopic (exact) mass is 346 g/mol. The second-order valence-electron chi connectivity index (χ2n) is 5.81. The van der Waals surface area contributed by atoms with E-state index in [1.54, 1.807) is 30.0 Å². The molecule has 0 aliphatic carbocycles. The molecule has 0 radical (unpaired) electrons. The summed E-state index contributed by atoms with van der Waals surface area (Å²) >= 11 is 0. The van der Waals surface area contributed by atoms with Gasteiger partial charge in [-0.3, -0.25) is 24.1 Å². The summed E-state index contributed by atoms with van der Waals surface area (Å²) < 4.78 is 6.20. The van der Waals surface area contributed by atoms with Crippen molar-refractivity contribution in [3.63, 3.8) is 0 Å². The third kappa shape index (κ3) is 3.17. The molecular weight excluding hydrogens is 328 g/mol. The molecule has 1 aliphatic rings. The predicted octanol–water partition coefficient (Wildman–Crippen LogP) is 1.38. The second-order valence-corrected chi connectivity index (χ2v) is 5.81. The van der Waals surface area contributed by atoms with Crippen LogP contribution in [-0.4, -0.2) is 40.0 Å². The molecule has 2 aromatic heterocycles. The molecule has 132 valence electrons. The maximum absolute atomic E-state index is 12.5. The molecule has 0 aromatic carbocycles. The van der Waals surface area contributed by atoms with Crippen LogP contribution >= 0.6 is 0 Å². The van der Waals surface area contributed by atoms with Crippen molar-refractivity contribution in [3.8, 4) is 0 Å². The van der Waals surface area contributed by atoms with E-state index in [9.17, 15) is 19.7 Å². The molecule has 0 amide bonds. The van der Waals surface area contributed by atoms with E-state index >= 15 is 0 Å². The lowest BCUT2D eigenvalue weighted by atomic mass is 9.98. The summed E-state index contributed by atoms with van der Waals surface area (Å²) in [6.07, 6.45) is 2.76. The van der Waals surface area contributed by atoms with E-state index in [0.29, 0.717) is 25.0 Å². The van der Waals surface area contributed by atoms with Crippen LogP contribution in [0.2, 0.25) is 0 Å². The number of pyridine rings is 1. The molecule has 0 saturated carbocycles. The van der Waals surface area contributed by atoms with E-state index in [1.165, 1.54) is 6.20 Å². The number of anilines is 1. The topological polar surface area (TPSA) is 107 Å². The number of nitro groups is 1. The molecule has 0 N–H and O–H groups in total. The Kier molecular flexibility index (Phi) is 4.64. The maximum atomic E-state index is 12.5. The highest BCUT2D eigenvalue weighted by molar-refractivity contribution is 5.74. The summed E-state index contributed by atoms with van der Waals surface area (Å²) in [6, 6.07) is 4.92. The molecule has 1 unspecified atom stereocenters. The molecule has 9 nitrogen and oxygen atoms in total. The summed E-state index contributed by atoms with van der Waals surface area (Å²) in [7, 11) is 0. The third-order valence-corrected chi connectivity index (χ3v) is 4.22. The van der Waals surface area contributed by atoms with E-state index < -0.39 is 16.2 Å². The minimum absolute atomic E-state index is 0.00944. The quantitative estimate of drug-likeness (QED) is 0.467. The Morgan fingerprint density at radius 1 is 1.48 bits per heavy atom. The van der Waals surface area contributed by atoms with E-state index in [1.807, 2.05) is 0 Å². The van der Waals surface area contributed by atoms with Gasteiger partial charge in [-0.1, -0.05) is 6.07 Å². The van der Waals surface area contributed by atoms with Gasteiger partial charge in [-0.2, -0.15) is 0 Å². The standard InChI is InChI=1S/C16H18N4O5/c1-2-25-16(22)11-6-5-8-18(10-11)14-13(20(23)24)15(21)19-9-4-3-7-12(19)17-14/h3-4,7,9,11H,2,5-6,8,10H2,1H3. The van der Waals surface area contributed by atoms with Crippen molar-refractivity contribution in [3.05, 3.63) is 44.9 Å². The summed E-state index contributed by atoms with van der Waals surface area (Å²) in [5, 5.41) is 11.5. The van der Waals surface area contributed by atoms with Crippen LogP contribution in [0.25, 0.3) is 5.65 Å². The van der Waals surface area contributed by atoms with Gasteiger partial charge in [-0.15, -0.1) is 0 Å². The van der Waals surface area contributed by atoms with Gasteiger partial charge in [0.15, 0.2) is 0 Å². The fraction of sp³-hybridized carbons (Fsp3) is 0.438. The number of nitrogens with zero attached hydrogens (tertiary/aromatic N) is 4. The van der Waals surface area contributed by atoms with Gasteiger partial charge in [0.1, 0.15) is 5.65 Å². The van der Waals surface area contributed by atoms with Gasteiger partial charge in [0.25, 0.3) is 0 Å². The van der Waals surface area contributed by atoms with Crippen molar-refractivity contribution in [1.29, 1.82) is 0 Å². The number of hydrogen-bond acceptors (Lipinski definition) is 7. The van der Waals surface area contributed by atoms with Crippen LogP contribution in [0.4, 0.5) is 11.5 Å². The summed E-state index contributed by atoms with van der Waals surface area (Å²) in [4.78, 5) is 41.2. The molecule has 0 bridgehead atoms. The number of rotatable bonds is 4. The number of aromatic nitrogens is 2. The van der Waals surface area contributed by atoms with Crippen LogP contribution in [0.3, 0.4) is 0 Å². The van der Waals surface area contributed by atoms with Crippen LogP contribution in [0, 0.1) is 16.0 Å². The van der Waals surface area contributed by atoms with Crippen molar-refractivity contribution < 1.29 is 14.5 Å². The van der Waals surface area contributed by atoms with Gasteiger partial charge in [0.05, 0.1) is 17.4 Å². The van der Waals surface area contributed by atoms with Crippen molar-refractivity contribution in [2.45, 2.75) is 19.8 Å². The van der Waals surface area contributed by atoms with Gasteiger partial charge in [-0.25, -0.2) is 4.98 Å². The molecule has 1 saturated heterocycles. The highest BCUT2D eigenvalue weighted by Gasteiger charge is 2.33. The van der Waals surface area contributed by atoms with Crippen LogP contribution < -0.4 is 10.5 Å². The van der Waals surface area contributed by atoms with Crippen LogP contribution in [0.15, 0.2) is 29.2 Å². The number of carbonyl (C=O) groups excluding carboxylic acids is 1. The van der Waals surface area contributed by atoms with E-state index in [4.69, 9.17) is 4.74 Å². The molecule has 2 aromatic rings. The maximum Gasteiger partial charge on any atom is 0.376 e. The number of esters is 1. The normalized spacial score (nSPS) is 17.5. The minimum Gasteiger partial charge on any atom is -0.466 e. The molecule has 9 heteroatoms. The van der Waals surface area contributed by atoms with Gasteiger partial charge in [0.2, 0.25) is 5.82 Å². The molecule has 0 spiro atoms. The van der Waals surface area contributed by atoms with E-state index in [-0.39, 0.29) is 30.9 Å². The van der Waals surface area contributed by atoms with Gasteiger partial charge >= 0.3 is 17.2 Å². The fourth-order valence-corrected chi connectivity index (χ4v) is 3.07. The first-order valence-corrected chi connectivity index (χ1v) is 8.10. The summed E-state index contributed by atoms with van der Waals surface area (Å²) in [5.74, 6) is -0.702. The Labute approximate surface area is 143 Å². The largest absolute Gasteiger partial charge is 0.466 e. The van der Waals surface area contributed by atoms with Crippen LogP contribution in [-0.2, 0) is 9.53 Å². The molecule has 25 heavy (non-hydrogen) atoms. The lowest BCUT2D eigenvalue weighted by molar-refractivity contribution is -0.385. The summed E-state index contributed by atoms with van der Waals surface area (Å²) in [5.41, 5.74) is -0.983. The highest BCUT2D eigenvalue weighted by Crippen LogP contribution is 2.28. The molecule has 1 atom stereocenters. The van der Waals surface area contributed by atoms with Crippen molar-refractivity contribution >= 4 is 23.1 Å². The lowest BCUT2D eigenvalue weighted by Gasteiger charge is -2.31. The van der Waals surface area contributed by atoms with Crippen molar-refractivity contribution in [1.82, 2.24) is 9.38 Å². The first kappa shape index (κ1) is 16.9. The molecule has 1 aliphatic heterocycles. The molecule has 3 heterocycles. The zero-order valence-corrected chi connectivity index (χ0v) is 13.8. The second kappa shape index (κ2) is 6.88. The fourth-order valence-electron chi connectivity index (χ4n) is 3.07. The third-order valence-electron chi connectivity index (χ3n) is 4.22. The average Bonchev–Trinajstić information content (AvgIpc) is 2.61. The molecular formula is C16H18N4O5. The van der Waals surface area contributed by atoms with Crippen LogP contribution in [0.1, 0.15) is 19.8 Å². The predicted molar refractivity (Wildman–Crippen MR) is 89.7 cm³/mol. The number of piperidine rings is 1. The van der Waals surface area contributed by atoms with Gasteiger partial charge in [0, 0.05) is 19.3 Å². The Bertz CT molecular complexity index is 878. The average molecular weight is 346 g/mol.